The van der Waals surface area contributed by atoms with Crippen LogP contribution in [0.4, 0.5) is 5.69 Å². The molecule has 0 bridgehead atoms. The molecule has 122 valence electrons. The van der Waals surface area contributed by atoms with Crippen LogP contribution in [0.1, 0.15) is 5.56 Å². The molecule has 0 fully saturated rings. The number of hydrogen-bond acceptors (Lipinski definition) is 4. The Morgan fingerprint density at radius 3 is 2.38 bits per heavy atom. The number of ether oxygens (including phenoxy) is 2. The molecule has 1 amide bonds. The van der Waals surface area contributed by atoms with Crippen molar-refractivity contribution in [2.45, 2.75) is 0 Å². The smallest absolute Gasteiger partial charge is 0.266 e. The average molecular weight is 343 g/mol. The SMILES string of the molecule is COc1ccc(NC(=O)/C(C#N)=C/c2ccc(Cl)cc2)cc1OC. The highest BCUT2D eigenvalue weighted by Crippen LogP contribution is 2.29. The summed E-state index contributed by atoms with van der Waals surface area (Å²) >= 11 is 5.82. The molecule has 0 aromatic heterocycles. The molecule has 0 unspecified atom stereocenters. The van der Waals surface area contributed by atoms with Crippen LogP contribution in [-0.4, -0.2) is 20.1 Å². The summed E-state index contributed by atoms with van der Waals surface area (Å²) in [5.41, 5.74) is 1.18. The third kappa shape index (κ3) is 4.28. The Kier molecular flexibility index (Phi) is 5.83. The first kappa shape index (κ1) is 17.4. The van der Waals surface area contributed by atoms with E-state index in [-0.39, 0.29) is 5.57 Å². The molecule has 2 rings (SSSR count). The minimum atomic E-state index is -0.514. The van der Waals surface area contributed by atoms with Crippen LogP contribution in [0.15, 0.2) is 48.0 Å². The van der Waals surface area contributed by atoms with Crippen molar-refractivity contribution in [3.63, 3.8) is 0 Å². The number of halogens is 1. The fourth-order valence-corrected chi connectivity index (χ4v) is 2.11. The second-order valence-electron chi connectivity index (χ2n) is 4.75. The molecule has 0 radical (unpaired) electrons. The lowest BCUT2D eigenvalue weighted by Gasteiger charge is -2.10. The number of amides is 1. The van der Waals surface area contributed by atoms with Gasteiger partial charge in [-0.2, -0.15) is 5.26 Å². The van der Waals surface area contributed by atoms with Crippen molar-refractivity contribution >= 4 is 29.3 Å². The summed E-state index contributed by atoms with van der Waals surface area (Å²) < 4.78 is 10.3. The number of carbonyl (C=O) groups is 1. The molecule has 0 aliphatic rings. The maximum Gasteiger partial charge on any atom is 0.266 e. The van der Waals surface area contributed by atoms with Gasteiger partial charge in [-0.05, 0) is 35.9 Å². The maximum absolute atomic E-state index is 12.3. The first-order valence-corrected chi connectivity index (χ1v) is 7.36. The third-order valence-electron chi connectivity index (χ3n) is 3.19. The molecule has 6 heteroatoms. The Labute approximate surface area is 145 Å². The number of anilines is 1. The van der Waals surface area contributed by atoms with Gasteiger partial charge in [-0.1, -0.05) is 23.7 Å². The van der Waals surface area contributed by atoms with Crippen molar-refractivity contribution in [1.82, 2.24) is 0 Å². The highest BCUT2D eigenvalue weighted by molar-refractivity contribution is 6.30. The van der Waals surface area contributed by atoms with E-state index in [1.54, 1.807) is 42.5 Å². The van der Waals surface area contributed by atoms with Gasteiger partial charge in [0.05, 0.1) is 14.2 Å². The third-order valence-corrected chi connectivity index (χ3v) is 3.44. The number of nitrogens with zero attached hydrogens (tertiary/aromatic N) is 1. The van der Waals surface area contributed by atoms with E-state index in [1.807, 2.05) is 6.07 Å². The summed E-state index contributed by atoms with van der Waals surface area (Å²) in [4.78, 5) is 12.3. The van der Waals surface area contributed by atoms with Gasteiger partial charge in [0.25, 0.3) is 5.91 Å². The molecule has 1 N–H and O–H groups in total. The fraction of sp³-hybridized carbons (Fsp3) is 0.111. The van der Waals surface area contributed by atoms with E-state index < -0.39 is 5.91 Å². The van der Waals surface area contributed by atoms with Crippen molar-refractivity contribution in [3.8, 4) is 17.6 Å². The van der Waals surface area contributed by atoms with Gasteiger partial charge in [-0.25, -0.2) is 0 Å². The molecule has 0 atom stereocenters. The Morgan fingerprint density at radius 2 is 1.79 bits per heavy atom. The molecule has 0 heterocycles. The van der Waals surface area contributed by atoms with E-state index in [4.69, 9.17) is 21.1 Å². The van der Waals surface area contributed by atoms with E-state index in [0.717, 1.165) is 0 Å². The van der Waals surface area contributed by atoms with Crippen LogP contribution in [-0.2, 0) is 4.79 Å². The van der Waals surface area contributed by atoms with E-state index in [9.17, 15) is 10.1 Å². The minimum absolute atomic E-state index is 0.0212. The van der Waals surface area contributed by atoms with Crippen molar-refractivity contribution in [2.24, 2.45) is 0 Å². The van der Waals surface area contributed by atoms with Crippen molar-refractivity contribution in [2.75, 3.05) is 19.5 Å². The van der Waals surface area contributed by atoms with Crippen molar-refractivity contribution in [3.05, 3.63) is 58.6 Å². The number of nitrogens with one attached hydrogen (secondary N) is 1. The van der Waals surface area contributed by atoms with Crippen LogP contribution in [0.3, 0.4) is 0 Å². The van der Waals surface area contributed by atoms with Crippen LogP contribution in [0.5, 0.6) is 11.5 Å². The Morgan fingerprint density at radius 1 is 1.12 bits per heavy atom. The first-order valence-electron chi connectivity index (χ1n) is 6.98. The molecule has 2 aromatic rings. The van der Waals surface area contributed by atoms with Gasteiger partial charge in [0.2, 0.25) is 0 Å². The fourth-order valence-electron chi connectivity index (χ4n) is 1.99. The lowest BCUT2D eigenvalue weighted by atomic mass is 10.1. The van der Waals surface area contributed by atoms with E-state index in [1.165, 1.54) is 20.3 Å². The van der Waals surface area contributed by atoms with Crippen LogP contribution in [0, 0.1) is 11.3 Å². The molecular formula is C18H15ClN2O3. The zero-order chi connectivity index (χ0) is 17.5. The van der Waals surface area contributed by atoms with Gasteiger partial charge >= 0.3 is 0 Å². The Hall–Kier alpha value is -2.97. The quantitative estimate of drug-likeness (QED) is 0.660. The van der Waals surface area contributed by atoms with E-state index >= 15 is 0 Å². The van der Waals surface area contributed by atoms with E-state index in [2.05, 4.69) is 5.32 Å². The molecule has 24 heavy (non-hydrogen) atoms. The molecular weight excluding hydrogens is 328 g/mol. The van der Waals surface area contributed by atoms with Gasteiger partial charge in [0.15, 0.2) is 11.5 Å². The number of benzene rings is 2. The maximum atomic E-state index is 12.3. The molecule has 0 saturated carbocycles. The lowest BCUT2D eigenvalue weighted by molar-refractivity contribution is -0.112. The summed E-state index contributed by atoms with van der Waals surface area (Å²) in [5.74, 6) is 0.517. The van der Waals surface area contributed by atoms with Gasteiger partial charge < -0.3 is 14.8 Å². The van der Waals surface area contributed by atoms with Crippen LogP contribution >= 0.6 is 11.6 Å². The van der Waals surface area contributed by atoms with Gasteiger partial charge in [-0.3, -0.25) is 4.79 Å². The van der Waals surface area contributed by atoms with Gasteiger partial charge in [0.1, 0.15) is 11.6 Å². The summed E-state index contributed by atoms with van der Waals surface area (Å²) in [6.45, 7) is 0. The Balaban J connectivity index is 2.21. The molecule has 0 spiro atoms. The molecule has 0 aliphatic heterocycles. The number of carbonyl (C=O) groups excluding carboxylic acids is 1. The van der Waals surface area contributed by atoms with E-state index in [0.29, 0.717) is 27.8 Å². The predicted octanol–water partition coefficient (Wildman–Crippen LogP) is 3.90. The van der Waals surface area contributed by atoms with Gasteiger partial charge in [-0.15, -0.1) is 0 Å². The van der Waals surface area contributed by atoms with Crippen LogP contribution in [0.25, 0.3) is 6.08 Å². The van der Waals surface area contributed by atoms with Crippen LogP contribution < -0.4 is 14.8 Å². The lowest BCUT2D eigenvalue weighted by Crippen LogP contribution is -2.13. The number of rotatable bonds is 5. The highest BCUT2D eigenvalue weighted by Gasteiger charge is 2.11. The average Bonchev–Trinajstić information content (AvgIpc) is 2.60. The number of methoxy groups -OCH3 is 2. The normalized spacial score (nSPS) is 10.7. The monoisotopic (exact) mass is 342 g/mol. The number of hydrogen-bond donors (Lipinski definition) is 1. The minimum Gasteiger partial charge on any atom is -0.493 e. The summed E-state index contributed by atoms with van der Waals surface area (Å²) in [6, 6.07) is 13.7. The van der Waals surface area contributed by atoms with Crippen molar-refractivity contribution < 1.29 is 14.3 Å². The molecule has 0 saturated heterocycles. The first-order chi connectivity index (χ1) is 11.6. The second-order valence-corrected chi connectivity index (χ2v) is 5.18. The molecule has 2 aromatic carbocycles. The zero-order valence-corrected chi connectivity index (χ0v) is 13.9. The highest BCUT2D eigenvalue weighted by atomic mass is 35.5. The molecule has 0 aliphatic carbocycles. The summed E-state index contributed by atoms with van der Waals surface area (Å²) in [5, 5.41) is 12.5. The molecule has 5 nitrogen and oxygen atoms in total. The second kappa shape index (κ2) is 8.04. The Bertz CT molecular complexity index is 808. The summed E-state index contributed by atoms with van der Waals surface area (Å²) in [7, 11) is 3.03. The topological polar surface area (TPSA) is 71.3 Å². The zero-order valence-electron chi connectivity index (χ0n) is 13.2. The number of nitriles is 1. The van der Waals surface area contributed by atoms with Gasteiger partial charge in [0, 0.05) is 16.8 Å². The summed E-state index contributed by atoms with van der Waals surface area (Å²) in [6.07, 6.45) is 1.49. The van der Waals surface area contributed by atoms with Crippen LogP contribution in [0.2, 0.25) is 5.02 Å². The largest absolute Gasteiger partial charge is 0.493 e. The standard InChI is InChI=1S/C18H15ClN2O3/c1-23-16-8-7-15(10-17(16)24-2)21-18(22)13(11-20)9-12-3-5-14(19)6-4-12/h3-10H,1-2H3,(H,21,22)/b13-9+. The van der Waals surface area contributed by atoms with Crippen molar-refractivity contribution in [1.29, 1.82) is 5.26 Å². The predicted molar refractivity (Wildman–Crippen MR) is 93.2 cm³/mol.